The van der Waals surface area contributed by atoms with Gasteiger partial charge >= 0.3 is 0 Å². The van der Waals surface area contributed by atoms with Crippen LogP contribution in [0.15, 0.2) is 36.4 Å². The van der Waals surface area contributed by atoms with Gasteiger partial charge in [-0.2, -0.15) is 0 Å². The Kier molecular flexibility index (Phi) is 4.61. The van der Waals surface area contributed by atoms with E-state index in [1.807, 2.05) is 0 Å². The van der Waals surface area contributed by atoms with Gasteiger partial charge in [0.25, 0.3) is 0 Å². The highest BCUT2D eigenvalue weighted by Gasteiger charge is 2.03. The summed E-state index contributed by atoms with van der Waals surface area (Å²) in [6.07, 6.45) is 5.81. The average molecular weight is 202 g/mol. The first kappa shape index (κ1) is 12.0. The lowest BCUT2D eigenvalue weighted by Crippen LogP contribution is -1.93. The summed E-state index contributed by atoms with van der Waals surface area (Å²) in [4.78, 5) is 0. The fraction of sp³-hybridized carbons (Fsp3) is 0.467. The van der Waals surface area contributed by atoms with E-state index in [1.165, 1.54) is 17.5 Å². The summed E-state index contributed by atoms with van der Waals surface area (Å²) in [5, 5.41) is 0. The lowest BCUT2D eigenvalue weighted by Gasteiger charge is -2.10. The Balaban J connectivity index is 2.65. The summed E-state index contributed by atoms with van der Waals surface area (Å²) in [7, 11) is 0. The molecule has 0 heteroatoms. The highest BCUT2D eigenvalue weighted by molar-refractivity contribution is 5.31. The van der Waals surface area contributed by atoms with Gasteiger partial charge in [-0.15, -0.1) is 0 Å². The Morgan fingerprint density at radius 3 is 2.40 bits per heavy atom. The van der Waals surface area contributed by atoms with Gasteiger partial charge in [-0.1, -0.05) is 57.2 Å². The van der Waals surface area contributed by atoms with Crippen molar-refractivity contribution in [2.45, 2.75) is 40.0 Å². The normalized spacial score (nSPS) is 13.7. The van der Waals surface area contributed by atoms with Crippen LogP contribution in [-0.4, -0.2) is 0 Å². The van der Waals surface area contributed by atoms with Crippen LogP contribution in [0.1, 0.15) is 44.2 Å². The van der Waals surface area contributed by atoms with Gasteiger partial charge in [-0.3, -0.25) is 0 Å². The third kappa shape index (κ3) is 3.91. The molecule has 0 bridgehead atoms. The smallest absolute Gasteiger partial charge is 0.000782 e. The standard InChI is InChI=1S/C15H22/c1-12(2)8-7-10-14(4)15-11-6-5-9-13(15)3/h5-7,9-12,14H,8H2,1-4H3/b10-7+/t14-/m1/s1. The molecule has 1 rings (SSSR count). The highest BCUT2D eigenvalue weighted by atomic mass is 14.1. The Morgan fingerprint density at radius 2 is 1.80 bits per heavy atom. The Hall–Kier alpha value is -1.04. The van der Waals surface area contributed by atoms with Gasteiger partial charge in [0, 0.05) is 0 Å². The van der Waals surface area contributed by atoms with Gasteiger partial charge in [-0.25, -0.2) is 0 Å². The van der Waals surface area contributed by atoms with Gasteiger partial charge in [0.15, 0.2) is 0 Å². The lowest BCUT2D eigenvalue weighted by atomic mass is 9.95. The zero-order valence-electron chi connectivity index (χ0n) is 10.3. The molecule has 0 aliphatic rings. The summed E-state index contributed by atoms with van der Waals surface area (Å²) >= 11 is 0. The molecule has 82 valence electrons. The molecule has 0 saturated carbocycles. The summed E-state index contributed by atoms with van der Waals surface area (Å²) in [5.74, 6) is 1.29. The first-order valence-electron chi connectivity index (χ1n) is 5.83. The molecule has 0 N–H and O–H groups in total. The molecule has 0 heterocycles. The molecule has 0 fully saturated rings. The van der Waals surface area contributed by atoms with Gasteiger partial charge in [-0.05, 0) is 36.3 Å². The van der Waals surface area contributed by atoms with Crippen LogP contribution in [-0.2, 0) is 0 Å². The van der Waals surface area contributed by atoms with E-state index < -0.39 is 0 Å². The van der Waals surface area contributed by atoms with Gasteiger partial charge in [0.1, 0.15) is 0 Å². The summed E-state index contributed by atoms with van der Waals surface area (Å²) in [6, 6.07) is 8.63. The number of hydrogen-bond acceptors (Lipinski definition) is 0. The van der Waals surface area contributed by atoms with E-state index >= 15 is 0 Å². The molecular weight excluding hydrogens is 180 g/mol. The molecule has 0 amide bonds. The van der Waals surface area contributed by atoms with E-state index in [1.54, 1.807) is 0 Å². The number of rotatable bonds is 4. The molecular formula is C15H22. The topological polar surface area (TPSA) is 0 Å². The average Bonchev–Trinajstić information content (AvgIpc) is 2.17. The number of benzene rings is 1. The van der Waals surface area contributed by atoms with Crippen molar-refractivity contribution in [3.05, 3.63) is 47.5 Å². The molecule has 1 aromatic rings. The fourth-order valence-corrected chi connectivity index (χ4v) is 1.76. The predicted octanol–water partition coefficient (Wildman–Crippen LogP) is 4.70. The van der Waals surface area contributed by atoms with Gasteiger partial charge in [0.05, 0.1) is 0 Å². The molecule has 0 radical (unpaired) electrons. The van der Waals surface area contributed by atoms with Crippen molar-refractivity contribution in [2.75, 3.05) is 0 Å². The van der Waals surface area contributed by atoms with Crippen molar-refractivity contribution in [3.63, 3.8) is 0 Å². The molecule has 0 aliphatic heterocycles. The number of allylic oxidation sites excluding steroid dienone is 2. The van der Waals surface area contributed by atoms with Crippen LogP contribution >= 0.6 is 0 Å². The van der Waals surface area contributed by atoms with Crippen molar-refractivity contribution in [1.29, 1.82) is 0 Å². The minimum Gasteiger partial charge on any atom is -0.0877 e. The van der Waals surface area contributed by atoms with Crippen molar-refractivity contribution in [2.24, 2.45) is 5.92 Å². The van der Waals surface area contributed by atoms with E-state index in [0.717, 1.165) is 5.92 Å². The van der Waals surface area contributed by atoms with Gasteiger partial charge in [0.2, 0.25) is 0 Å². The highest BCUT2D eigenvalue weighted by Crippen LogP contribution is 2.20. The number of aryl methyl sites for hydroxylation is 1. The Morgan fingerprint density at radius 1 is 1.13 bits per heavy atom. The third-order valence-corrected chi connectivity index (χ3v) is 2.71. The summed E-state index contributed by atoms with van der Waals surface area (Å²) in [6.45, 7) is 8.95. The second-order valence-corrected chi connectivity index (χ2v) is 4.70. The first-order chi connectivity index (χ1) is 7.11. The predicted molar refractivity (Wildman–Crippen MR) is 68.2 cm³/mol. The molecule has 0 nitrogen and oxygen atoms in total. The lowest BCUT2D eigenvalue weighted by molar-refractivity contribution is 0.661. The van der Waals surface area contributed by atoms with Crippen molar-refractivity contribution in [3.8, 4) is 0 Å². The van der Waals surface area contributed by atoms with Crippen LogP contribution in [0.2, 0.25) is 0 Å². The van der Waals surface area contributed by atoms with Gasteiger partial charge < -0.3 is 0 Å². The maximum absolute atomic E-state index is 2.32. The fourth-order valence-electron chi connectivity index (χ4n) is 1.76. The minimum absolute atomic E-state index is 0.532. The van der Waals surface area contributed by atoms with Crippen LogP contribution in [0, 0.1) is 12.8 Å². The molecule has 0 unspecified atom stereocenters. The molecule has 1 atom stereocenters. The van der Waals surface area contributed by atoms with Crippen LogP contribution in [0.4, 0.5) is 0 Å². The van der Waals surface area contributed by atoms with Crippen LogP contribution < -0.4 is 0 Å². The quantitative estimate of drug-likeness (QED) is 0.621. The number of hydrogen-bond donors (Lipinski definition) is 0. The molecule has 15 heavy (non-hydrogen) atoms. The van der Waals surface area contributed by atoms with Crippen LogP contribution in [0.5, 0.6) is 0 Å². The largest absolute Gasteiger partial charge is 0.0877 e. The Bertz CT molecular complexity index is 321. The zero-order valence-corrected chi connectivity index (χ0v) is 10.3. The van der Waals surface area contributed by atoms with Crippen LogP contribution in [0.25, 0.3) is 0 Å². The summed E-state index contributed by atoms with van der Waals surface area (Å²) < 4.78 is 0. The van der Waals surface area contributed by atoms with Crippen molar-refractivity contribution < 1.29 is 0 Å². The minimum atomic E-state index is 0.532. The second kappa shape index (κ2) is 5.75. The first-order valence-corrected chi connectivity index (χ1v) is 5.83. The van der Waals surface area contributed by atoms with Crippen molar-refractivity contribution in [1.82, 2.24) is 0 Å². The molecule has 1 aromatic carbocycles. The monoisotopic (exact) mass is 202 g/mol. The molecule has 0 spiro atoms. The maximum atomic E-state index is 2.32. The molecule has 0 aromatic heterocycles. The second-order valence-electron chi connectivity index (χ2n) is 4.70. The molecule has 0 saturated heterocycles. The maximum Gasteiger partial charge on any atom is -0.000782 e. The zero-order chi connectivity index (χ0) is 11.3. The van der Waals surface area contributed by atoms with Crippen LogP contribution in [0.3, 0.4) is 0 Å². The Labute approximate surface area is 94.0 Å². The van der Waals surface area contributed by atoms with E-state index in [2.05, 4.69) is 64.1 Å². The third-order valence-electron chi connectivity index (χ3n) is 2.71. The summed E-state index contributed by atoms with van der Waals surface area (Å²) in [5.41, 5.74) is 2.83. The van der Waals surface area contributed by atoms with E-state index in [-0.39, 0.29) is 0 Å². The van der Waals surface area contributed by atoms with Crippen molar-refractivity contribution >= 4 is 0 Å². The van der Waals surface area contributed by atoms with E-state index in [4.69, 9.17) is 0 Å². The molecule has 0 aliphatic carbocycles. The van der Waals surface area contributed by atoms with E-state index in [0.29, 0.717) is 5.92 Å². The van der Waals surface area contributed by atoms with E-state index in [9.17, 15) is 0 Å². The SMILES string of the molecule is Cc1ccccc1[C@H](C)/C=C/CC(C)C.